The molecule has 3 rings (SSSR count). The molecular formula is C15H13FN4O. The van der Waals surface area contributed by atoms with E-state index in [0.717, 1.165) is 11.1 Å². The molecule has 106 valence electrons. The summed E-state index contributed by atoms with van der Waals surface area (Å²) < 4.78 is 18.7. The lowest BCUT2D eigenvalue weighted by atomic mass is 10.1. The summed E-state index contributed by atoms with van der Waals surface area (Å²) in [6.45, 7) is 3.89. The van der Waals surface area contributed by atoms with Gasteiger partial charge in [-0.05, 0) is 43.2 Å². The molecule has 0 aliphatic rings. The number of nitrogens with zero attached hydrogens (tertiary/aromatic N) is 3. The minimum Gasteiger partial charge on any atom is -0.396 e. The first kappa shape index (κ1) is 13.2. The normalized spacial score (nSPS) is 10.8. The van der Waals surface area contributed by atoms with Gasteiger partial charge in [0.05, 0.1) is 5.69 Å². The summed E-state index contributed by atoms with van der Waals surface area (Å²) in [7, 11) is 0. The van der Waals surface area contributed by atoms with Gasteiger partial charge in [-0.3, -0.25) is 4.98 Å². The number of halogens is 1. The van der Waals surface area contributed by atoms with Crippen LogP contribution in [0.5, 0.6) is 0 Å². The Morgan fingerprint density at radius 2 is 2.00 bits per heavy atom. The highest BCUT2D eigenvalue weighted by molar-refractivity contribution is 5.61. The van der Waals surface area contributed by atoms with Gasteiger partial charge in [0, 0.05) is 11.8 Å². The Bertz CT molecular complexity index is 813. The predicted molar refractivity (Wildman–Crippen MR) is 76.8 cm³/mol. The molecule has 3 aromatic rings. The van der Waals surface area contributed by atoms with Crippen molar-refractivity contribution in [2.24, 2.45) is 0 Å². The van der Waals surface area contributed by atoms with Crippen molar-refractivity contribution in [2.45, 2.75) is 13.8 Å². The fourth-order valence-corrected chi connectivity index (χ4v) is 2.05. The second kappa shape index (κ2) is 4.97. The van der Waals surface area contributed by atoms with Crippen LogP contribution >= 0.6 is 0 Å². The first-order valence-corrected chi connectivity index (χ1v) is 6.37. The van der Waals surface area contributed by atoms with Crippen molar-refractivity contribution in [1.82, 2.24) is 15.1 Å². The third-order valence-electron chi connectivity index (χ3n) is 3.10. The van der Waals surface area contributed by atoms with E-state index >= 15 is 0 Å². The third kappa shape index (κ3) is 2.47. The summed E-state index contributed by atoms with van der Waals surface area (Å²) in [5.74, 6) is 0.0855. The zero-order chi connectivity index (χ0) is 15.0. The lowest BCUT2D eigenvalue weighted by Gasteiger charge is -2.00. The molecule has 2 heterocycles. The molecule has 0 spiro atoms. The molecule has 0 bridgehead atoms. The van der Waals surface area contributed by atoms with Crippen molar-refractivity contribution < 1.29 is 8.91 Å². The number of aryl methyl sites for hydroxylation is 2. The smallest absolute Gasteiger partial charge is 0.258 e. The average Bonchev–Trinajstić information content (AvgIpc) is 2.91. The van der Waals surface area contributed by atoms with Crippen LogP contribution in [0, 0.1) is 19.7 Å². The quantitative estimate of drug-likeness (QED) is 0.731. The van der Waals surface area contributed by atoms with Crippen LogP contribution < -0.4 is 5.73 Å². The van der Waals surface area contributed by atoms with Gasteiger partial charge >= 0.3 is 0 Å². The molecule has 0 unspecified atom stereocenters. The van der Waals surface area contributed by atoms with Gasteiger partial charge in [-0.25, -0.2) is 4.39 Å². The van der Waals surface area contributed by atoms with Crippen LogP contribution in [-0.4, -0.2) is 15.1 Å². The van der Waals surface area contributed by atoms with Gasteiger partial charge in [0.1, 0.15) is 11.5 Å². The lowest BCUT2D eigenvalue weighted by molar-refractivity contribution is 0.432. The summed E-state index contributed by atoms with van der Waals surface area (Å²) in [6, 6.07) is 6.35. The number of aromatic nitrogens is 3. The zero-order valence-electron chi connectivity index (χ0n) is 11.6. The van der Waals surface area contributed by atoms with E-state index in [9.17, 15) is 4.39 Å². The van der Waals surface area contributed by atoms with Gasteiger partial charge in [-0.15, -0.1) is 0 Å². The lowest BCUT2D eigenvalue weighted by Crippen LogP contribution is -1.92. The van der Waals surface area contributed by atoms with Crippen molar-refractivity contribution in [3.05, 3.63) is 47.4 Å². The maximum atomic E-state index is 13.5. The molecule has 6 heteroatoms. The predicted octanol–water partition coefficient (Wildman–Crippen LogP) is 3.14. The van der Waals surface area contributed by atoms with Gasteiger partial charge in [-0.2, -0.15) is 4.98 Å². The van der Waals surface area contributed by atoms with E-state index in [0.29, 0.717) is 17.1 Å². The van der Waals surface area contributed by atoms with Gasteiger partial charge < -0.3 is 10.3 Å². The molecule has 5 nitrogen and oxygen atoms in total. The highest BCUT2D eigenvalue weighted by atomic mass is 19.1. The first-order chi connectivity index (χ1) is 10.0. The Hall–Kier alpha value is -2.76. The van der Waals surface area contributed by atoms with Crippen LogP contribution in [0.15, 0.2) is 35.0 Å². The van der Waals surface area contributed by atoms with Crippen molar-refractivity contribution in [2.75, 3.05) is 5.73 Å². The monoisotopic (exact) mass is 284 g/mol. The van der Waals surface area contributed by atoms with Gasteiger partial charge in [0.15, 0.2) is 0 Å². The third-order valence-corrected chi connectivity index (χ3v) is 3.10. The molecule has 0 saturated carbocycles. The minimum absolute atomic E-state index is 0.0783. The van der Waals surface area contributed by atoms with Crippen LogP contribution in [0.4, 0.5) is 10.1 Å². The van der Waals surface area contributed by atoms with Gasteiger partial charge in [0.25, 0.3) is 5.89 Å². The summed E-state index contributed by atoms with van der Waals surface area (Å²) in [5, 5.41) is 3.90. The van der Waals surface area contributed by atoms with Gasteiger partial charge in [-0.1, -0.05) is 11.2 Å². The maximum Gasteiger partial charge on any atom is 0.258 e. The second-order valence-electron chi connectivity index (χ2n) is 4.84. The number of hydrogen-bond acceptors (Lipinski definition) is 5. The average molecular weight is 284 g/mol. The van der Waals surface area contributed by atoms with E-state index in [1.54, 1.807) is 12.3 Å². The molecule has 0 aliphatic heterocycles. The molecule has 0 radical (unpaired) electrons. The Morgan fingerprint density at radius 3 is 2.71 bits per heavy atom. The SMILES string of the molecule is Cc1cnc(-c2noc(-c3ccc(N)c(F)c3)n2)c(C)c1. The molecule has 2 aromatic heterocycles. The van der Waals surface area contributed by atoms with E-state index in [1.807, 2.05) is 19.9 Å². The molecule has 1 aromatic carbocycles. The second-order valence-corrected chi connectivity index (χ2v) is 4.84. The van der Waals surface area contributed by atoms with E-state index in [1.165, 1.54) is 12.1 Å². The number of benzene rings is 1. The van der Waals surface area contributed by atoms with E-state index in [4.69, 9.17) is 10.3 Å². The van der Waals surface area contributed by atoms with Crippen molar-refractivity contribution in [3.8, 4) is 23.0 Å². The van der Waals surface area contributed by atoms with Crippen molar-refractivity contribution in [1.29, 1.82) is 0 Å². The van der Waals surface area contributed by atoms with Crippen LogP contribution in [0.25, 0.3) is 23.0 Å². The van der Waals surface area contributed by atoms with Crippen LogP contribution in [0.3, 0.4) is 0 Å². The number of nitrogens with two attached hydrogens (primary N) is 1. The number of nitrogen functional groups attached to an aromatic ring is 1. The summed E-state index contributed by atoms with van der Waals surface area (Å²) in [5.41, 5.74) is 8.65. The largest absolute Gasteiger partial charge is 0.396 e. The zero-order valence-corrected chi connectivity index (χ0v) is 11.6. The summed E-state index contributed by atoms with van der Waals surface area (Å²) in [6.07, 6.45) is 1.74. The van der Waals surface area contributed by atoms with Crippen LogP contribution in [0.1, 0.15) is 11.1 Å². The number of rotatable bonds is 2. The topological polar surface area (TPSA) is 77.8 Å². The van der Waals surface area contributed by atoms with Crippen LogP contribution in [-0.2, 0) is 0 Å². The number of hydrogen-bond donors (Lipinski definition) is 1. The summed E-state index contributed by atoms with van der Waals surface area (Å²) in [4.78, 5) is 8.57. The molecule has 2 N–H and O–H groups in total. The molecule has 0 aliphatic carbocycles. The van der Waals surface area contributed by atoms with E-state index in [-0.39, 0.29) is 11.6 Å². The molecule has 0 amide bonds. The summed E-state index contributed by atoms with van der Waals surface area (Å²) >= 11 is 0. The Labute approximate surface area is 120 Å². The van der Waals surface area contributed by atoms with Gasteiger partial charge in [0.2, 0.25) is 5.82 Å². The first-order valence-electron chi connectivity index (χ1n) is 6.37. The fourth-order valence-electron chi connectivity index (χ4n) is 2.05. The highest BCUT2D eigenvalue weighted by Crippen LogP contribution is 2.25. The van der Waals surface area contributed by atoms with Crippen molar-refractivity contribution >= 4 is 5.69 Å². The van der Waals surface area contributed by atoms with E-state index in [2.05, 4.69) is 15.1 Å². The number of anilines is 1. The number of pyridine rings is 1. The fraction of sp³-hybridized carbons (Fsp3) is 0.133. The molecule has 0 saturated heterocycles. The Morgan fingerprint density at radius 1 is 1.19 bits per heavy atom. The Kier molecular flexibility index (Phi) is 3.13. The Balaban J connectivity index is 2.01. The molecule has 0 fully saturated rings. The molecule has 0 atom stereocenters. The molecular weight excluding hydrogens is 271 g/mol. The standard InChI is InChI=1S/C15H13FN4O/c1-8-5-9(2)13(18-7-8)14-19-15(21-20-14)10-3-4-12(17)11(16)6-10/h3-7H,17H2,1-2H3. The minimum atomic E-state index is -0.517. The maximum absolute atomic E-state index is 13.5. The van der Waals surface area contributed by atoms with Crippen LogP contribution in [0.2, 0.25) is 0 Å². The highest BCUT2D eigenvalue weighted by Gasteiger charge is 2.14. The molecule has 21 heavy (non-hydrogen) atoms. The van der Waals surface area contributed by atoms with Crippen molar-refractivity contribution in [3.63, 3.8) is 0 Å². The van der Waals surface area contributed by atoms with E-state index < -0.39 is 5.82 Å².